The number of hydrogen-bond donors (Lipinski definition) is 3. The van der Waals surface area contributed by atoms with E-state index in [0.29, 0.717) is 16.9 Å². The van der Waals surface area contributed by atoms with Crippen molar-refractivity contribution in [1.29, 1.82) is 0 Å². The lowest BCUT2D eigenvalue weighted by atomic mass is 10.4. The maximum absolute atomic E-state index is 11.9. The van der Waals surface area contributed by atoms with E-state index in [-0.39, 0.29) is 23.4 Å². The number of nitrogens with one attached hydrogen (secondary N) is 2. The number of fused-ring (bicyclic) bond motifs is 1. The fourth-order valence-electron chi connectivity index (χ4n) is 1.63. The highest BCUT2D eigenvalue weighted by molar-refractivity contribution is 6.33. The number of carbonyl (C=O) groups excluding carboxylic acids is 1. The van der Waals surface area contributed by atoms with Gasteiger partial charge in [0.1, 0.15) is 11.3 Å². The minimum absolute atomic E-state index is 0.0466. The van der Waals surface area contributed by atoms with E-state index >= 15 is 0 Å². The van der Waals surface area contributed by atoms with Gasteiger partial charge in [-0.05, 0) is 12.1 Å². The molecule has 20 heavy (non-hydrogen) atoms. The Morgan fingerprint density at radius 3 is 3.05 bits per heavy atom. The van der Waals surface area contributed by atoms with Crippen molar-refractivity contribution in [2.45, 2.75) is 6.54 Å². The second-order valence-corrected chi connectivity index (χ2v) is 4.22. The molecule has 0 aliphatic heterocycles. The third kappa shape index (κ3) is 2.22. The topological polar surface area (TPSA) is 123 Å². The Balaban J connectivity index is 1.86. The second kappa shape index (κ2) is 4.91. The molecule has 3 heterocycles. The molecule has 0 aliphatic rings. The first-order valence-electron chi connectivity index (χ1n) is 5.64. The summed E-state index contributed by atoms with van der Waals surface area (Å²) in [4.78, 5) is 26.7. The summed E-state index contributed by atoms with van der Waals surface area (Å²) in [6.45, 7) is 0.217. The third-order valence-corrected chi connectivity index (χ3v) is 2.83. The van der Waals surface area contributed by atoms with Gasteiger partial charge in [0.2, 0.25) is 5.95 Å². The van der Waals surface area contributed by atoms with Crippen molar-refractivity contribution in [2.75, 3.05) is 5.32 Å². The fraction of sp³-hybridized carbons (Fsp3) is 0.0909. The van der Waals surface area contributed by atoms with Gasteiger partial charge in [0.25, 0.3) is 5.91 Å². The summed E-state index contributed by atoms with van der Waals surface area (Å²) < 4.78 is 5.22. The van der Waals surface area contributed by atoms with Gasteiger partial charge in [-0.3, -0.25) is 10.1 Å². The molecule has 102 valence electrons. The van der Waals surface area contributed by atoms with Crippen LogP contribution in [0.2, 0.25) is 5.15 Å². The van der Waals surface area contributed by atoms with Gasteiger partial charge in [-0.25, -0.2) is 4.98 Å². The predicted octanol–water partition coefficient (Wildman–Crippen LogP) is 1.31. The molecule has 0 radical (unpaired) electrons. The number of amides is 1. The molecule has 0 bridgehead atoms. The number of imidazole rings is 1. The molecule has 0 spiro atoms. The van der Waals surface area contributed by atoms with Gasteiger partial charge in [0.05, 0.1) is 12.9 Å². The Hall–Kier alpha value is -2.45. The minimum Gasteiger partial charge on any atom is -0.455 e. The number of nitrogens with two attached hydrogens (primary N) is 1. The molecule has 4 N–H and O–H groups in total. The van der Waals surface area contributed by atoms with Crippen LogP contribution in [0.1, 0.15) is 16.3 Å². The molecule has 0 fully saturated rings. The zero-order valence-corrected chi connectivity index (χ0v) is 10.8. The number of hydrogen-bond acceptors (Lipinski definition) is 6. The van der Waals surface area contributed by atoms with Gasteiger partial charge in [-0.1, -0.05) is 11.6 Å². The average molecular weight is 293 g/mol. The number of aromatic amines is 1. The predicted molar refractivity (Wildman–Crippen MR) is 71.2 cm³/mol. The van der Waals surface area contributed by atoms with Crippen LogP contribution in [0.5, 0.6) is 0 Å². The zero-order valence-electron chi connectivity index (χ0n) is 10.1. The number of H-pyrrole nitrogens is 1. The molecule has 9 heteroatoms. The zero-order chi connectivity index (χ0) is 14.1. The van der Waals surface area contributed by atoms with Crippen molar-refractivity contribution in [3.05, 3.63) is 35.1 Å². The highest BCUT2D eigenvalue weighted by atomic mass is 35.5. The Bertz CT molecular complexity index is 780. The van der Waals surface area contributed by atoms with E-state index in [0.717, 1.165) is 0 Å². The third-order valence-electron chi connectivity index (χ3n) is 2.55. The maximum Gasteiger partial charge on any atom is 0.293 e. The quantitative estimate of drug-likeness (QED) is 0.625. The summed E-state index contributed by atoms with van der Waals surface area (Å²) in [5.74, 6) is 0.185. The molecule has 0 unspecified atom stereocenters. The number of nitrogens with zero attached hydrogens (tertiary/aromatic N) is 3. The lowest BCUT2D eigenvalue weighted by Gasteiger charge is -2.02. The normalized spacial score (nSPS) is 10.9. The molecule has 1 amide bonds. The minimum atomic E-state index is -0.490. The standard InChI is InChI=1S/C11H9ClN6O2/c12-8-7-9(15-4-14-7)17-11(16-8)18-10(19)6-2-1-5(3-13)20-6/h1-2,4H,3,13H2,(H2,14,15,16,17,18,19). The molecule has 3 aromatic rings. The van der Waals surface area contributed by atoms with E-state index < -0.39 is 5.91 Å². The van der Waals surface area contributed by atoms with E-state index in [4.69, 9.17) is 21.8 Å². The summed E-state index contributed by atoms with van der Waals surface area (Å²) in [5.41, 5.74) is 6.28. The van der Waals surface area contributed by atoms with E-state index in [1.165, 1.54) is 12.4 Å². The largest absolute Gasteiger partial charge is 0.455 e. The van der Waals surface area contributed by atoms with Crippen molar-refractivity contribution in [3.8, 4) is 0 Å². The average Bonchev–Trinajstić information content (AvgIpc) is 3.07. The molecular weight excluding hydrogens is 284 g/mol. The summed E-state index contributed by atoms with van der Waals surface area (Å²) in [6, 6.07) is 3.14. The summed E-state index contributed by atoms with van der Waals surface area (Å²) in [5, 5.41) is 2.66. The summed E-state index contributed by atoms with van der Waals surface area (Å²) in [6.07, 6.45) is 1.44. The maximum atomic E-state index is 11.9. The SMILES string of the molecule is NCc1ccc(C(=O)Nc2nc(Cl)c3[nH]cnc3n2)o1. The first-order valence-corrected chi connectivity index (χ1v) is 6.02. The Morgan fingerprint density at radius 2 is 2.30 bits per heavy atom. The van der Waals surface area contributed by atoms with E-state index in [9.17, 15) is 4.79 Å². The first kappa shape index (κ1) is 12.6. The first-order chi connectivity index (χ1) is 9.67. The fourth-order valence-corrected chi connectivity index (χ4v) is 1.85. The van der Waals surface area contributed by atoms with Crippen LogP contribution in [-0.2, 0) is 6.54 Å². The Labute approximate surface area is 117 Å². The molecule has 0 aliphatic carbocycles. The highest BCUT2D eigenvalue weighted by Gasteiger charge is 2.14. The molecule has 8 nitrogen and oxygen atoms in total. The van der Waals surface area contributed by atoms with Crippen LogP contribution in [-0.4, -0.2) is 25.8 Å². The van der Waals surface area contributed by atoms with Crippen molar-refractivity contribution < 1.29 is 9.21 Å². The van der Waals surface area contributed by atoms with Gasteiger partial charge in [0, 0.05) is 0 Å². The number of rotatable bonds is 3. The van der Waals surface area contributed by atoms with Crippen LogP contribution in [0.4, 0.5) is 5.95 Å². The number of aromatic nitrogens is 4. The van der Waals surface area contributed by atoms with Crippen LogP contribution in [0.15, 0.2) is 22.9 Å². The highest BCUT2D eigenvalue weighted by Crippen LogP contribution is 2.18. The van der Waals surface area contributed by atoms with Gasteiger partial charge < -0.3 is 15.1 Å². The molecule has 0 saturated carbocycles. The van der Waals surface area contributed by atoms with E-state index in [2.05, 4.69) is 25.3 Å². The lowest BCUT2D eigenvalue weighted by molar-refractivity contribution is 0.0994. The Morgan fingerprint density at radius 1 is 1.45 bits per heavy atom. The van der Waals surface area contributed by atoms with Gasteiger partial charge in [0.15, 0.2) is 16.6 Å². The van der Waals surface area contributed by atoms with Crippen LogP contribution < -0.4 is 11.1 Å². The number of furan rings is 1. The second-order valence-electron chi connectivity index (χ2n) is 3.86. The van der Waals surface area contributed by atoms with Crippen LogP contribution in [0.3, 0.4) is 0 Å². The van der Waals surface area contributed by atoms with E-state index in [1.807, 2.05) is 0 Å². The van der Waals surface area contributed by atoms with Crippen molar-refractivity contribution in [1.82, 2.24) is 19.9 Å². The molecular formula is C11H9ClN6O2. The molecule has 0 aromatic carbocycles. The van der Waals surface area contributed by atoms with Crippen LogP contribution >= 0.6 is 11.6 Å². The molecule has 3 rings (SSSR count). The summed E-state index contributed by atoms with van der Waals surface area (Å²) >= 11 is 5.95. The van der Waals surface area contributed by atoms with Crippen molar-refractivity contribution >= 4 is 34.6 Å². The van der Waals surface area contributed by atoms with Crippen molar-refractivity contribution in [3.63, 3.8) is 0 Å². The lowest BCUT2D eigenvalue weighted by Crippen LogP contribution is -2.13. The molecule has 0 atom stereocenters. The number of carbonyl (C=O) groups is 1. The number of halogens is 1. The van der Waals surface area contributed by atoms with Gasteiger partial charge in [-0.15, -0.1) is 0 Å². The number of anilines is 1. The monoisotopic (exact) mass is 292 g/mol. The van der Waals surface area contributed by atoms with Gasteiger partial charge in [-0.2, -0.15) is 9.97 Å². The van der Waals surface area contributed by atoms with Crippen LogP contribution in [0, 0.1) is 0 Å². The molecule has 3 aromatic heterocycles. The van der Waals surface area contributed by atoms with Crippen molar-refractivity contribution in [2.24, 2.45) is 5.73 Å². The Kier molecular flexibility index (Phi) is 3.09. The van der Waals surface area contributed by atoms with E-state index in [1.54, 1.807) is 6.07 Å². The van der Waals surface area contributed by atoms with Crippen LogP contribution in [0.25, 0.3) is 11.2 Å². The van der Waals surface area contributed by atoms with Gasteiger partial charge >= 0.3 is 0 Å². The summed E-state index contributed by atoms with van der Waals surface area (Å²) in [7, 11) is 0. The smallest absolute Gasteiger partial charge is 0.293 e. The molecule has 0 saturated heterocycles.